The predicted molar refractivity (Wildman–Crippen MR) is 281 cm³/mol. The van der Waals surface area contributed by atoms with Gasteiger partial charge < -0.3 is 9.80 Å². The normalized spacial score (nSPS) is 21.3. The molecule has 332 valence electrons. The van der Waals surface area contributed by atoms with Crippen LogP contribution in [0.25, 0.3) is 0 Å². The number of hydrogen-bond donors (Lipinski definition) is 0. The highest BCUT2D eigenvalue weighted by Gasteiger charge is 2.50. The standard InChI is InChI=1S/C62H71BN2/c1-37-26-53-55-54(27-37)65(51-32-46-43(28-38(51)2)57(5,6)35-60(46,11)12)52-33-47-45(59(9,10)36-61(47,13)14)31-49(52)63(55)48-29-40(62(15,16)39-20-18-17-19-21-39)22-25-50(48)64(53)41-23-24-42-44(30-41)58(7,8)34-56(42,3)4/h17-33H,34-36H2,1-16H3/i1D3. The van der Waals surface area contributed by atoms with Gasteiger partial charge in [0.1, 0.15) is 0 Å². The monoisotopic (exact) mass is 858 g/mol. The highest BCUT2D eigenvalue weighted by molar-refractivity contribution is 7.00. The minimum absolute atomic E-state index is 0.0241. The van der Waals surface area contributed by atoms with Gasteiger partial charge in [-0.15, -0.1) is 0 Å². The molecule has 0 radical (unpaired) electrons. The Labute approximate surface area is 396 Å². The Morgan fingerprint density at radius 3 is 1.57 bits per heavy atom. The lowest BCUT2D eigenvalue weighted by atomic mass is 9.33. The molecule has 6 aromatic rings. The van der Waals surface area contributed by atoms with E-state index in [2.05, 4.69) is 205 Å². The second kappa shape index (κ2) is 13.1. The Morgan fingerprint density at radius 1 is 0.462 bits per heavy atom. The highest BCUT2D eigenvalue weighted by Crippen LogP contribution is 2.56. The molecule has 0 spiro atoms. The summed E-state index contributed by atoms with van der Waals surface area (Å²) >= 11 is 0. The van der Waals surface area contributed by atoms with Crippen molar-refractivity contribution in [1.82, 2.24) is 0 Å². The van der Waals surface area contributed by atoms with Crippen molar-refractivity contribution in [3.05, 3.63) is 159 Å². The van der Waals surface area contributed by atoms with E-state index >= 15 is 0 Å². The summed E-state index contributed by atoms with van der Waals surface area (Å²) in [5.41, 5.74) is 22.3. The molecule has 65 heavy (non-hydrogen) atoms. The second-order valence-electron chi connectivity index (χ2n) is 25.5. The zero-order chi connectivity index (χ0) is 48.8. The quantitative estimate of drug-likeness (QED) is 0.163. The Kier molecular flexibility index (Phi) is 7.90. The third-order valence-corrected chi connectivity index (χ3v) is 17.3. The Hall–Kier alpha value is -5.02. The van der Waals surface area contributed by atoms with Crippen LogP contribution in [-0.4, -0.2) is 6.71 Å². The third kappa shape index (κ3) is 5.98. The smallest absolute Gasteiger partial charge is 0.252 e. The molecule has 0 saturated carbocycles. The van der Waals surface area contributed by atoms with E-state index in [0.29, 0.717) is 5.56 Å². The van der Waals surface area contributed by atoms with E-state index in [9.17, 15) is 0 Å². The van der Waals surface area contributed by atoms with E-state index in [1.54, 1.807) is 0 Å². The molecule has 5 aliphatic rings. The van der Waals surface area contributed by atoms with Crippen molar-refractivity contribution in [2.75, 3.05) is 9.80 Å². The van der Waals surface area contributed by atoms with Crippen LogP contribution < -0.4 is 26.2 Å². The van der Waals surface area contributed by atoms with E-state index < -0.39 is 6.85 Å². The Bertz CT molecular complexity index is 3140. The van der Waals surface area contributed by atoms with Gasteiger partial charge in [0.05, 0.1) is 0 Å². The fourth-order valence-corrected chi connectivity index (χ4v) is 14.9. The van der Waals surface area contributed by atoms with Crippen LogP contribution in [-0.2, 0) is 37.9 Å². The van der Waals surface area contributed by atoms with Crippen molar-refractivity contribution in [3.8, 4) is 0 Å². The van der Waals surface area contributed by atoms with Crippen molar-refractivity contribution in [1.29, 1.82) is 0 Å². The number of nitrogens with zero attached hydrogens (tertiary/aromatic N) is 2. The zero-order valence-corrected chi connectivity index (χ0v) is 41.9. The van der Waals surface area contributed by atoms with Crippen LogP contribution in [0, 0.1) is 13.8 Å². The number of hydrogen-bond acceptors (Lipinski definition) is 2. The molecule has 2 nitrogen and oxygen atoms in total. The van der Waals surface area contributed by atoms with Gasteiger partial charge >= 0.3 is 0 Å². The largest absolute Gasteiger partial charge is 0.311 e. The molecule has 2 aliphatic heterocycles. The highest BCUT2D eigenvalue weighted by atomic mass is 15.2. The summed E-state index contributed by atoms with van der Waals surface area (Å²) in [4.78, 5) is 4.94. The van der Waals surface area contributed by atoms with Gasteiger partial charge in [-0.1, -0.05) is 158 Å². The van der Waals surface area contributed by atoms with Gasteiger partial charge in [0, 0.05) is 43.7 Å². The maximum atomic E-state index is 9.17. The van der Waals surface area contributed by atoms with Crippen molar-refractivity contribution < 1.29 is 4.11 Å². The van der Waals surface area contributed by atoms with Crippen molar-refractivity contribution in [2.45, 2.75) is 168 Å². The first-order valence-corrected chi connectivity index (χ1v) is 24.4. The van der Waals surface area contributed by atoms with Crippen LogP contribution >= 0.6 is 0 Å². The molecule has 0 fully saturated rings. The summed E-state index contributed by atoms with van der Waals surface area (Å²) in [6.45, 7) is 33.3. The molecular weight excluding hydrogens is 784 g/mol. The first-order valence-electron chi connectivity index (χ1n) is 25.9. The lowest BCUT2D eigenvalue weighted by molar-refractivity contribution is 0.402. The maximum absolute atomic E-state index is 9.17. The fourth-order valence-electron chi connectivity index (χ4n) is 14.9. The molecule has 2 heterocycles. The number of aryl methyl sites for hydroxylation is 2. The maximum Gasteiger partial charge on any atom is 0.252 e. The van der Waals surface area contributed by atoms with Gasteiger partial charge in [0.2, 0.25) is 0 Å². The number of anilines is 6. The lowest BCUT2D eigenvalue weighted by Crippen LogP contribution is -2.62. The summed E-state index contributed by atoms with van der Waals surface area (Å²) < 4.78 is 27.5. The van der Waals surface area contributed by atoms with Crippen LogP contribution in [0.4, 0.5) is 34.1 Å². The molecule has 0 amide bonds. The Balaban J connectivity index is 1.28. The molecule has 3 aliphatic carbocycles. The SMILES string of the molecule is [2H]C([2H])([2H])c1cc2c3c(c1)N(c1cc4c(cc1C)C(C)(C)CC4(C)C)c1cc4c(cc1B3c1cc(C(C)(C)c3ccccc3)ccc1N2c1ccc2c(c1)C(C)(C)CC2(C)C)C(C)(C)CC4(C)C. The summed E-state index contributed by atoms with van der Waals surface area (Å²) in [5, 5.41) is 0. The third-order valence-electron chi connectivity index (χ3n) is 17.3. The predicted octanol–water partition coefficient (Wildman–Crippen LogP) is 14.6. The fraction of sp³-hybridized carbons (Fsp3) is 0.419. The second-order valence-corrected chi connectivity index (χ2v) is 25.5. The molecule has 0 atom stereocenters. The molecule has 0 aromatic heterocycles. The molecule has 0 bridgehead atoms. The molecule has 0 N–H and O–H groups in total. The minimum atomic E-state index is -2.35. The number of fused-ring (bicyclic) bond motifs is 7. The van der Waals surface area contributed by atoms with Gasteiger partial charge in [-0.3, -0.25) is 0 Å². The number of rotatable bonds is 4. The lowest BCUT2D eigenvalue weighted by Gasteiger charge is -2.46. The van der Waals surface area contributed by atoms with Crippen LogP contribution in [0.2, 0.25) is 0 Å². The van der Waals surface area contributed by atoms with Crippen LogP contribution in [0.5, 0.6) is 0 Å². The van der Waals surface area contributed by atoms with E-state index in [0.717, 1.165) is 53.4 Å². The van der Waals surface area contributed by atoms with Gasteiger partial charge in [0.15, 0.2) is 0 Å². The van der Waals surface area contributed by atoms with Gasteiger partial charge in [-0.05, 0) is 180 Å². The van der Waals surface area contributed by atoms with E-state index in [1.165, 1.54) is 66.5 Å². The molecule has 6 aromatic carbocycles. The topological polar surface area (TPSA) is 6.48 Å². The average molecular weight is 858 g/mol. The first-order chi connectivity index (χ1) is 31.4. The number of benzene rings is 6. The van der Waals surface area contributed by atoms with Crippen LogP contribution in [0.1, 0.15) is 176 Å². The summed E-state index contributed by atoms with van der Waals surface area (Å²) in [7, 11) is 0. The summed E-state index contributed by atoms with van der Waals surface area (Å²) in [6.07, 6.45) is 3.19. The Morgan fingerprint density at radius 2 is 0.969 bits per heavy atom. The van der Waals surface area contributed by atoms with E-state index in [4.69, 9.17) is 4.11 Å². The molecule has 11 rings (SSSR count). The first kappa shape index (κ1) is 39.2. The van der Waals surface area contributed by atoms with Gasteiger partial charge in [-0.2, -0.15) is 0 Å². The minimum Gasteiger partial charge on any atom is -0.311 e. The zero-order valence-electron chi connectivity index (χ0n) is 44.9. The van der Waals surface area contributed by atoms with Crippen LogP contribution in [0.15, 0.2) is 103 Å². The van der Waals surface area contributed by atoms with Crippen LogP contribution in [0.3, 0.4) is 0 Å². The molecule has 3 heteroatoms. The van der Waals surface area contributed by atoms with Crippen molar-refractivity contribution in [2.24, 2.45) is 0 Å². The van der Waals surface area contributed by atoms with E-state index in [-0.39, 0.29) is 44.6 Å². The van der Waals surface area contributed by atoms with Crippen molar-refractivity contribution in [3.63, 3.8) is 0 Å². The average Bonchev–Trinajstić information content (AvgIpc) is 3.64. The summed E-state index contributed by atoms with van der Waals surface area (Å²) in [5.74, 6) is 0. The van der Waals surface area contributed by atoms with Crippen molar-refractivity contribution >= 4 is 57.2 Å². The molecule has 0 unspecified atom stereocenters. The summed E-state index contributed by atoms with van der Waals surface area (Å²) in [6, 6.07) is 39.3. The molecular formula is C62H71BN2. The molecule has 0 saturated heterocycles. The van der Waals surface area contributed by atoms with Gasteiger partial charge in [-0.25, -0.2) is 0 Å². The van der Waals surface area contributed by atoms with E-state index in [1.807, 2.05) is 12.1 Å². The van der Waals surface area contributed by atoms with Gasteiger partial charge in [0.25, 0.3) is 6.71 Å².